The fourth-order valence-electron chi connectivity index (χ4n) is 4.75. The minimum absolute atomic E-state index is 0.749. The lowest BCUT2D eigenvalue weighted by molar-refractivity contribution is 0.0905. The van der Waals surface area contributed by atoms with E-state index in [9.17, 15) is 0 Å². The first-order valence-electron chi connectivity index (χ1n) is 5.64. The predicted molar refractivity (Wildman–Crippen MR) is 50.9 cm³/mol. The summed E-state index contributed by atoms with van der Waals surface area (Å²) in [4.78, 5) is 0. The zero-order chi connectivity index (χ0) is 8.40. The Balaban J connectivity index is 2.08. The molecule has 12 heavy (non-hydrogen) atoms. The number of hydrogen-bond donors (Lipinski definition) is 0. The molecule has 3 aliphatic rings. The van der Waals surface area contributed by atoms with Crippen LogP contribution in [0, 0.1) is 22.7 Å². The minimum atomic E-state index is 0.749. The Bertz CT molecular complexity index is 216. The van der Waals surface area contributed by atoms with Crippen molar-refractivity contribution in [2.45, 2.75) is 52.4 Å². The molecular formula is C12H20. The van der Waals surface area contributed by atoms with Gasteiger partial charge in [-0.15, -0.1) is 0 Å². The molecule has 3 rings (SSSR count). The Hall–Kier alpha value is 0. The van der Waals surface area contributed by atoms with Crippen LogP contribution < -0.4 is 0 Å². The second-order valence-electron chi connectivity index (χ2n) is 6.07. The van der Waals surface area contributed by atoms with Crippen molar-refractivity contribution in [1.29, 1.82) is 0 Å². The Morgan fingerprint density at radius 1 is 1.00 bits per heavy atom. The molecule has 0 saturated heterocycles. The van der Waals surface area contributed by atoms with Crippen molar-refractivity contribution in [2.24, 2.45) is 22.7 Å². The smallest absolute Gasteiger partial charge is 0.0241 e. The first-order valence-corrected chi connectivity index (χ1v) is 5.64. The van der Waals surface area contributed by atoms with Crippen LogP contribution in [0.15, 0.2) is 0 Å². The van der Waals surface area contributed by atoms with E-state index in [0.717, 1.165) is 22.7 Å². The van der Waals surface area contributed by atoms with Gasteiger partial charge in [0.15, 0.2) is 0 Å². The topological polar surface area (TPSA) is 0 Å². The van der Waals surface area contributed by atoms with Gasteiger partial charge in [0.2, 0.25) is 0 Å². The summed E-state index contributed by atoms with van der Waals surface area (Å²) in [5.41, 5.74) is 1.51. The van der Waals surface area contributed by atoms with Gasteiger partial charge in [-0.1, -0.05) is 20.3 Å². The zero-order valence-corrected chi connectivity index (χ0v) is 8.40. The van der Waals surface area contributed by atoms with Gasteiger partial charge in [-0.3, -0.25) is 0 Å². The molecule has 0 nitrogen and oxygen atoms in total. The average molecular weight is 164 g/mol. The van der Waals surface area contributed by atoms with Crippen LogP contribution in [0.4, 0.5) is 0 Å². The van der Waals surface area contributed by atoms with Gasteiger partial charge in [0.05, 0.1) is 0 Å². The van der Waals surface area contributed by atoms with Crippen molar-refractivity contribution in [3.8, 4) is 0 Å². The lowest BCUT2D eigenvalue weighted by atomic mass is 9.65. The molecule has 3 fully saturated rings. The van der Waals surface area contributed by atoms with Crippen molar-refractivity contribution in [1.82, 2.24) is 0 Å². The summed E-state index contributed by atoms with van der Waals surface area (Å²) in [5, 5.41) is 0. The standard InChI is InChI=1S/C12H20/c1-11-6-5-10-4-3-9(7-11)8-12(10,11)2/h9-10H,3-8H2,1-2H3/t9?,10?,11-,12+/m1/s1. The molecule has 68 valence electrons. The van der Waals surface area contributed by atoms with E-state index < -0.39 is 0 Å². The highest BCUT2D eigenvalue weighted by Gasteiger charge is 2.61. The lowest BCUT2D eigenvalue weighted by Crippen LogP contribution is -2.32. The third kappa shape index (κ3) is 0.625. The summed E-state index contributed by atoms with van der Waals surface area (Å²) in [6.45, 7) is 5.15. The maximum atomic E-state index is 2.59. The number of rotatable bonds is 0. The summed E-state index contributed by atoms with van der Waals surface area (Å²) in [7, 11) is 0. The Morgan fingerprint density at radius 2 is 1.83 bits per heavy atom. The van der Waals surface area contributed by atoms with Gasteiger partial charge < -0.3 is 0 Å². The van der Waals surface area contributed by atoms with Crippen LogP contribution in [0.3, 0.4) is 0 Å². The highest BCUT2D eigenvalue weighted by atomic mass is 14.7. The van der Waals surface area contributed by atoms with Crippen LogP contribution in [-0.4, -0.2) is 0 Å². The lowest BCUT2D eigenvalue weighted by Gasteiger charge is -2.40. The van der Waals surface area contributed by atoms with E-state index in [1.165, 1.54) is 6.42 Å². The monoisotopic (exact) mass is 164 g/mol. The van der Waals surface area contributed by atoms with E-state index in [1.807, 2.05) is 0 Å². The van der Waals surface area contributed by atoms with E-state index in [1.54, 1.807) is 32.1 Å². The van der Waals surface area contributed by atoms with Crippen molar-refractivity contribution >= 4 is 0 Å². The molecule has 0 aromatic heterocycles. The predicted octanol–water partition coefficient (Wildman–Crippen LogP) is 3.61. The fraction of sp³-hybridized carbons (Fsp3) is 1.00. The Kier molecular flexibility index (Phi) is 1.18. The minimum Gasteiger partial charge on any atom is -0.0591 e. The molecule has 3 saturated carbocycles. The van der Waals surface area contributed by atoms with Gasteiger partial charge >= 0.3 is 0 Å². The molecule has 2 bridgehead atoms. The molecule has 0 aromatic rings. The van der Waals surface area contributed by atoms with Gasteiger partial charge in [-0.25, -0.2) is 0 Å². The molecule has 0 aromatic carbocycles. The maximum Gasteiger partial charge on any atom is -0.0241 e. The van der Waals surface area contributed by atoms with E-state index >= 15 is 0 Å². The molecule has 0 heterocycles. The van der Waals surface area contributed by atoms with Crippen LogP contribution in [0.1, 0.15) is 52.4 Å². The van der Waals surface area contributed by atoms with Crippen molar-refractivity contribution in [3.05, 3.63) is 0 Å². The summed E-state index contributed by atoms with van der Waals surface area (Å²) >= 11 is 0. The summed E-state index contributed by atoms with van der Waals surface area (Å²) < 4.78 is 0. The van der Waals surface area contributed by atoms with Gasteiger partial charge in [0.1, 0.15) is 0 Å². The van der Waals surface area contributed by atoms with E-state index in [-0.39, 0.29) is 0 Å². The van der Waals surface area contributed by atoms with Crippen LogP contribution in [0.25, 0.3) is 0 Å². The van der Waals surface area contributed by atoms with Crippen molar-refractivity contribution in [2.75, 3.05) is 0 Å². The first-order chi connectivity index (χ1) is 5.64. The van der Waals surface area contributed by atoms with Crippen LogP contribution >= 0.6 is 0 Å². The molecule has 0 radical (unpaired) electrons. The summed E-state index contributed by atoms with van der Waals surface area (Å²) in [6, 6.07) is 0. The highest BCUT2D eigenvalue weighted by Crippen LogP contribution is 2.70. The molecule has 0 amide bonds. The molecule has 3 aliphatic carbocycles. The van der Waals surface area contributed by atoms with Crippen LogP contribution in [-0.2, 0) is 0 Å². The quantitative estimate of drug-likeness (QED) is 0.513. The van der Waals surface area contributed by atoms with Gasteiger partial charge in [0.25, 0.3) is 0 Å². The van der Waals surface area contributed by atoms with E-state index in [4.69, 9.17) is 0 Å². The molecule has 0 aliphatic heterocycles. The summed E-state index contributed by atoms with van der Waals surface area (Å²) in [6.07, 6.45) is 9.30. The van der Waals surface area contributed by atoms with Crippen LogP contribution in [0.5, 0.6) is 0 Å². The molecule has 2 unspecified atom stereocenters. The third-order valence-electron chi connectivity index (χ3n) is 5.70. The zero-order valence-electron chi connectivity index (χ0n) is 8.40. The van der Waals surface area contributed by atoms with E-state index in [0.29, 0.717) is 0 Å². The first kappa shape index (κ1) is 7.41. The molecule has 0 N–H and O–H groups in total. The second-order valence-corrected chi connectivity index (χ2v) is 6.07. The Morgan fingerprint density at radius 3 is 2.67 bits per heavy atom. The van der Waals surface area contributed by atoms with Gasteiger partial charge in [0, 0.05) is 0 Å². The number of fused-ring (bicyclic) bond motifs is 1. The summed E-state index contributed by atoms with van der Waals surface area (Å²) in [5.74, 6) is 2.21. The Labute approximate surface area is 75.7 Å². The number of hydrogen-bond acceptors (Lipinski definition) is 0. The van der Waals surface area contributed by atoms with Crippen LogP contribution in [0.2, 0.25) is 0 Å². The van der Waals surface area contributed by atoms with Gasteiger partial charge in [-0.2, -0.15) is 0 Å². The van der Waals surface area contributed by atoms with E-state index in [2.05, 4.69) is 13.8 Å². The highest BCUT2D eigenvalue weighted by molar-refractivity contribution is 5.11. The molecule has 0 heteroatoms. The average Bonchev–Trinajstić information content (AvgIpc) is 2.32. The molecular weight excluding hydrogens is 144 g/mol. The SMILES string of the molecule is C[C@@]12CCC3CCC(C1)C[C@@]32C. The van der Waals surface area contributed by atoms with Crippen molar-refractivity contribution < 1.29 is 0 Å². The second kappa shape index (κ2) is 1.91. The fourth-order valence-corrected chi connectivity index (χ4v) is 4.75. The molecule has 0 spiro atoms. The van der Waals surface area contributed by atoms with Gasteiger partial charge in [-0.05, 0) is 54.8 Å². The molecule has 4 atom stereocenters. The largest absolute Gasteiger partial charge is 0.0591 e. The van der Waals surface area contributed by atoms with Crippen molar-refractivity contribution in [3.63, 3.8) is 0 Å². The maximum absolute atomic E-state index is 2.59. The third-order valence-corrected chi connectivity index (χ3v) is 5.70. The normalized spacial score (nSPS) is 62.5.